The van der Waals surface area contributed by atoms with Crippen molar-refractivity contribution in [1.82, 2.24) is 15.4 Å². The number of hydrogen-bond donors (Lipinski definition) is 1. The summed E-state index contributed by atoms with van der Waals surface area (Å²) in [5.41, 5.74) is 2.21. The normalized spacial score (nSPS) is 10.7. The van der Waals surface area contributed by atoms with Gasteiger partial charge in [0.1, 0.15) is 23.1 Å². The first kappa shape index (κ1) is 18.1. The number of ether oxygens (including phenoxy) is 1. The van der Waals surface area contributed by atoms with E-state index in [1.165, 1.54) is 11.3 Å². The average molecular weight is 372 g/mol. The number of rotatable bonds is 7. The van der Waals surface area contributed by atoms with Gasteiger partial charge in [0.2, 0.25) is 5.13 Å². The Morgan fingerprint density at radius 2 is 2.15 bits per heavy atom. The van der Waals surface area contributed by atoms with Crippen LogP contribution in [-0.2, 0) is 13.0 Å². The third-order valence-corrected chi connectivity index (χ3v) is 4.71. The average Bonchev–Trinajstić information content (AvgIpc) is 3.20. The number of amides is 1. The van der Waals surface area contributed by atoms with Crippen LogP contribution in [-0.4, -0.2) is 21.3 Å². The number of aromatic nitrogens is 3. The molecule has 0 spiro atoms. The molecule has 0 bridgehead atoms. The van der Waals surface area contributed by atoms with Crippen molar-refractivity contribution in [2.24, 2.45) is 0 Å². The fourth-order valence-electron chi connectivity index (χ4n) is 2.38. The van der Waals surface area contributed by atoms with E-state index in [2.05, 4.69) is 27.6 Å². The second-order valence-electron chi connectivity index (χ2n) is 5.82. The fraction of sp³-hybridized carbons (Fsp3) is 0.333. The number of carbonyl (C=O) groups is 1. The summed E-state index contributed by atoms with van der Waals surface area (Å²) in [5, 5.41) is 16.2. The Labute approximate surface area is 155 Å². The second kappa shape index (κ2) is 8.09. The summed E-state index contributed by atoms with van der Waals surface area (Å²) in [6.07, 6.45) is 1.85. The van der Waals surface area contributed by atoms with Crippen molar-refractivity contribution >= 4 is 22.4 Å². The van der Waals surface area contributed by atoms with E-state index in [0.29, 0.717) is 23.1 Å². The number of hydrogen-bond acceptors (Lipinski definition) is 7. The highest BCUT2D eigenvalue weighted by Crippen LogP contribution is 2.21. The Balaban J connectivity index is 1.65. The van der Waals surface area contributed by atoms with Gasteiger partial charge in [-0.05, 0) is 38.5 Å². The van der Waals surface area contributed by atoms with Gasteiger partial charge in [-0.25, -0.2) is 0 Å². The van der Waals surface area contributed by atoms with Crippen LogP contribution in [0.25, 0.3) is 0 Å². The smallest absolute Gasteiger partial charge is 0.257 e. The van der Waals surface area contributed by atoms with Gasteiger partial charge in [0.25, 0.3) is 5.91 Å². The molecule has 1 N–H and O–H groups in total. The molecule has 136 valence electrons. The molecule has 3 aromatic rings. The van der Waals surface area contributed by atoms with Gasteiger partial charge in [-0.2, -0.15) is 0 Å². The molecule has 0 atom stereocenters. The van der Waals surface area contributed by atoms with Crippen LogP contribution >= 0.6 is 11.3 Å². The lowest BCUT2D eigenvalue weighted by atomic mass is 10.2. The van der Waals surface area contributed by atoms with E-state index < -0.39 is 0 Å². The van der Waals surface area contributed by atoms with Crippen molar-refractivity contribution in [2.45, 2.75) is 40.2 Å². The molecule has 0 aliphatic rings. The van der Waals surface area contributed by atoms with Gasteiger partial charge in [0.15, 0.2) is 0 Å². The Hall–Kier alpha value is -2.74. The minimum absolute atomic E-state index is 0.244. The SMILES string of the molecule is CCCc1nnc(NC(=O)c2cccc(OCc3c(C)noc3C)c2)s1. The molecule has 0 radical (unpaired) electrons. The van der Waals surface area contributed by atoms with E-state index in [1.54, 1.807) is 24.3 Å². The van der Waals surface area contributed by atoms with Crippen LogP contribution in [0.2, 0.25) is 0 Å². The minimum atomic E-state index is -0.244. The molecule has 3 rings (SSSR count). The Bertz CT molecular complexity index is 884. The van der Waals surface area contributed by atoms with E-state index in [9.17, 15) is 4.79 Å². The van der Waals surface area contributed by atoms with Crippen molar-refractivity contribution in [3.8, 4) is 5.75 Å². The summed E-state index contributed by atoms with van der Waals surface area (Å²) in [6, 6.07) is 7.01. The molecule has 8 heteroatoms. The summed E-state index contributed by atoms with van der Waals surface area (Å²) in [7, 11) is 0. The van der Waals surface area contributed by atoms with Crippen LogP contribution in [0, 0.1) is 13.8 Å². The first-order chi connectivity index (χ1) is 12.6. The first-order valence-corrected chi connectivity index (χ1v) is 9.16. The molecule has 26 heavy (non-hydrogen) atoms. The van der Waals surface area contributed by atoms with E-state index in [1.807, 2.05) is 13.8 Å². The third kappa shape index (κ3) is 4.26. The highest BCUT2D eigenvalue weighted by molar-refractivity contribution is 7.15. The zero-order valence-electron chi connectivity index (χ0n) is 14.9. The van der Waals surface area contributed by atoms with Gasteiger partial charge in [-0.3, -0.25) is 10.1 Å². The van der Waals surface area contributed by atoms with E-state index in [-0.39, 0.29) is 5.91 Å². The van der Waals surface area contributed by atoms with Crippen LogP contribution in [0.4, 0.5) is 5.13 Å². The minimum Gasteiger partial charge on any atom is -0.489 e. The number of nitrogens with zero attached hydrogens (tertiary/aromatic N) is 3. The number of anilines is 1. The van der Waals surface area contributed by atoms with Crippen molar-refractivity contribution in [3.63, 3.8) is 0 Å². The quantitative estimate of drug-likeness (QED) is 0.676. The monoisotopic (exact) mass is 372 g/mol. The molecule has 0 saturated heterocycles. The predicted molar refractivity (Wildman–Crippen MR) is 98.6 cm³/mol. The molecule has 2 aromatic heterocycles. The predicted octanol–water partition coefficient (Wildman–Crippen LogP) is 3.93. The number of benzene rings is 1. The van der Waals surface area contributed by atoms with Crippen molar-refractivity contribution in [1.29, 1.82) is 0 Å². The highest BCUT2D eigenvalue weighted by atomic mass is 32.1. The first-order valence-electron chi connectivity index (χ1n) is 8.35. The molecular formula is C18H20N4O3S. The Morgan fingerprint density at radius 1 is 1.31 bits per heavy atom. The summed E-state index contributed by atoms with van der Waals surface area (Å²) in [6.45, 7) is 6.13. The molecule has 0 aliphatic carbocycles. The number of carbonyl (C=O) groups excluding carboxylic acids is 1. The summed E-state index contributed by atoms with van der Waals surface area (Å²) < 4.78 is 10.9. The summed E-state index contributed by atoms with van der Waals surface area (Å²) >= 11 is 1.39. The van der Waals surface area contributed by atoms with Gasteiger partial charge in [0, 0.05) is 12.0 Å². The maximum absolute atomic E-state index is 12.4. The van der Waals surface area contributed by atoms with Gasteiger partial charge < -0.3 is 9.26 Å². The third-order valence-electron chi connectivity index (χ3n) is 3.81. The van der Waals surface area contributed by atoms with Crippen LogP contribution in [0.1, 0.15) is 45.7 Å². The van der Waals surface area contributed by atoms with Gasteiger partial charge in [0.05, 0.1) is 11.3 Å². The maximum Gasteiger partial charge on any atom is 0.257 e. The maximum atomic E-state index is 12.4. The van der Waals surface area contributed by atoms with Gasteiger partial charge in [-0.15, -0.1) is 10.2 Å². The molecule has 0 fully saturated rings. The standard InChI is InChI=1S/C18H20N4O3S/c1-4-6-16-20-21-18(26-16)19-17(23)13-7-5-8-14(9-13)24-10-15-11(2)22-25-12(15)3/h5,7-9H,4,6,10H2,1-3H3,(H,19,21,23). The lowest BCUT2D eigenvalue weighted by molar-refractivity contribution is 0.102. The van der Waals surface area contributed by atoms with Gasteiger partial charge in [-0.1, -0.05) is 29.5 Å². The lowest BCUT2D eigenvalue weighted by Gasteiger charge is -2.07. The molecule has 1 aromatic carbocycles. The summed E-state index contributed by atoms with van der Waals surface area (Å²) in [4.78, 5) is 12.4. The zero-order chi connectivity index (χ0) is 18.5. The van der Waals surface area contributed by atoms with Crippen LogP contribution in [0.15, 0.2) is 28.8 Å². The van der Waals surface area contributed by atoms with Crippen LogP contribution in [0.3, 0.4) is 0 Å². The Morgan fingerprint density at radius 3 is 2.88 bits per heavy atom. The lowest BCUT2D eigenvalue weighted by Crippen LogP contribution is -2.11. The molecule has 7 nitrogen and oxygen atoms in total. The fourth-order valence-corrected chi connectivity index (χ4v) is 3.22. The van der Waals surface area contributed by atoms with Crippen molar-refractivity contribution < 1.29 is 14.1 Å². The highest BCUT2D eigenvalue weighted by Gasteiger charge is 2.12. The molecule has 1 amide bonds. The molecular weight excluding hydrogens is 352 g/mol. The van der Waals surface area contributed by atoms with E-state index in [4.69, 9.17) is 9.26 Å². The molecule has 0 saturated carbocycles. The van der Waals surface area contributed by atoms with Crippen LogP contribution < -0.4 is 10.1 Å². The van der Waals surface area contributed by atoms with Crippen molar-refractivity contribution in [3.05, 3.63) is 51.9 Å². The van der Waals surface area contributed by atoms with Crippen molar-refractivity contribution in [2.75, 3.05) is 5.32 Å². The number of aryl methyl sites for hydroxylation is 3. The summed E-state index contributed by atoms with van der Waals surface area (Å²) in [5.74, 6) is 1.09. The van der Waals surface area contributed by atoms with Crippen LogP contribution in [0.5, 0.6) is 5.75 Å². The molecule has 0 unspecified atom stereocenters. The largest absolute Gasteiger partial charge is 0.489 e. The number of nitrogens with one attached hydrogen (secondary N) is 1. The second-order valence-corrected chi connectivity index (χ2v) is 6.89. The zero-order valence-corrected chi connectivity index (χ0v) is 15.7. The Kier molecular flexibility index (Phi) is 5.62. The van der Waals surface area contributed by atoms with E-state index >= 15 is 0 Å². The van der Waals surface area contributed by atoms with E-state index in [0.717, 1.165) is 34.9 Å². The topological polar surface area (TPSA) is 90.1 Å². The molecule has 0 aliphatic heterocycles. The van der Waals surface area contributed by atoms with Gasteiger partial charge >= 0.3 is 0 Å². The molecule has 2 heterocycles.